The van der Waals surface area contributed by atoms with Crippen molar-refractivity contribution in [1.29, 1.82) is 0 Å². The smallest absolute Gasteiger partial charge is 0.224 e. The SMILES string of the molecule is CCN(CC)C(=O)CCn1cncc1C1(C)CCNC1. The van der Waals surface area contributed by atoms with Crippen LogP contribution in [0.25, 0.3) is 0 Å². The average Bonchev–Trinajstić information content (AvgIpc) is 3.07. The normalized spacial score (nSPS) is 22.1. The van der Waals surface area contributed by atoms with Crippen LogP contribution in [0.5, 0.6) is 0 Å². The predicted molar refractivity (Wildman–Crippen MR) is 79.6 cm³/mol. The highest BCUT2D eigenvalue weighted by Crippen LogP contribution is 2.29. The quantitative estimate of drug-likeness (QED) is 0.855. The standard InChI is InChI=1S/C15H26N4O/c1-4-18(5-2)14(20)6-9-19-12-17-10-13(19)15(3)7-8-16-11-15/h10,12,16H,4-9,11H2,1-3H3. The molecule has 112 valence electrons. The fourth-order valence-corrected chi connectivity index (χ4v) is 2.99. The number of imidazole rings is 1. The maximum Gasteiger partial charge on any atom is 0.224 e. The van der Waals surface area contributed by atoms with Crippen LogP contribution in [0.4, 0.5) is 0 Å². The molecule has 0 aliphatic carbocycles. The van der Waals surface area contributed by atoms with E-state index in [4.69, 9.17) is 0 Å². The fourth-order valence-electron chi connectivity index (χ4n) is 2.99. The molecule has 1 aliphatic heterocycles. The zero-order chi connectivity index (χ0) is 14.6. The van der Waals surface area contributed by atoms with E-state index in [-0.39, 0.29) is 11.3 Å². The van der Waals surface area contributed by atoms with Gasteiger partial charge in [-0.3, -0.25) is 4.79 Å². The Bertz CT molecular complexity index is 444. The van der Waals surface area contributed by atoms with Crippen LogP contribution in [0.15, 0.2) is 12.5 Å². The second-order valence-electron chi connectivity index (χ2n) is 5.78. The van der Waals surface area contributed by atoms with Crippen molar-refractivity contribution in [3.63, 3.8) is 0 Å². The van der Waals surface area contributed by atoms with Crippen LogP contribution in [0.2, 0.25) is 0 Å². The minimum Gasteiger partial charge on any atom is -0.343 e. The molecule has 0 saturated carbocycles. The molecule has 0 bridgehead atoms. The van der Waals surface area contributed by atoms with Gasteiger partial charge in [0.05, 0.1) is 6.33 Å². The topological polar surface area (TPSA) is 50.2 Å². The first kappa shape index (κ1) is 15.0. The molecular weight excluding hydrogens is 252 g/mol. The van der Waals surface area contributed by atoms with Gasteiger partial charge in [-0.1, -0.05) is 6.92 Å². The molecule has 1 atom stereocenters. The van der Waals surface area contributed by atoms with Crippen molar-refractivity contribution in [3.05, 3.63) is 18.2 Å². The minimum atomic E-state index is 0.148. The van der Waals surface area contributed by atoms with Crippen LogP contribution < -0.4 is 5.32 Å². The van der Waals surface area contributed by atoms with Gasteiger partial charge in [-0.05, 0) is 26.8 Å². The molecule has 5 nitrogen and oxygen atoms in total. The van der Waals surface area contributed by atoms with Gasteiger partial charge in [-0.25, -0.2) is 4.98 Å². The molecule has 1 amide bonds. The summed E-state index contributed by atoms with van der Waals surface area (Å²) in [5.41, 5.74) is 1.39. The van der Waals surface area contributed by atoms with Crippen molar-refractivity contribution >= 4 is 5.91 Å². The zero-order valence-electron chi connectivity index (χ0n) is 12.9. The van der Waals surface area contributed by atoms with Gasteiger partial charge in [0.15, 0.2) is 0 Å². The third-order valence-electron chi connectivity index (χ3n) is 4.38. The van der Waals surface area contributed by atoms with Gasteiger partial charge in [0.2, 0.25) is 5.91 Å². The largest absolute Gasteiger partial charge is 0.343 e. The highest BCUT2D eigenvalue weighted by molar-refractivity contribution is 5.76. The lowest BCUT2D eigenvalue weighted by atomic mass is 9.86. The molecule has 1 saturated heterocycles. The molecule has 1 aromatic rings. The number of carbonyl (C=O) groups excluding carboxylic acids is 1. The lowest BCUT2D eigenvalue weighted by Gasteiger charge is -2.25. The molecule has 0 spiro atoms. The van der Waals surface area contributed by atoms with Crippen LogP contribution in [0, 0.1) is 0 Å². The zero-order valence-corrected chi connectivity index (χ0v) is 12.9. The second-order valence-corrected chi connectivity index (χ2v) is 5.78. The summed E-state index contributed by atoms with van der Waals surface area (Å²) in [5.74, 6) is 0.226. The monoisotopic (exact) mass is 278 g/mol. The summed E-state index contributed by atoms with van der Waals surface area (Å²) in [4.78, 5) is 18.3. The van der Waals surface area contributed by atoms with E-state index in [1.807, 2.05) is 31.3 Å². The molecule has 1 aromatic heterocycles. The number of carbonyl (C=O) groups is 1. The number of hydrogen-bond acceptors (Lipinski definition) is 3. The molecule has 1 N–H and O–H groups in total. The van der Waals surface area contributed by atoms with E-state index in [2.05, 4.69) is 21.8 Å². The van der Waals surface area contributed by atoms with Crippen LogP contribution >= 0.6 is 0 Å². The van der Waals surface area contributed by atoms with Crippen molar-refractivity contribution in [2.45, 2.75) is 45.6 Å². The Morgan fingerprint density at radius 3 is 2.85 bits per heavy atom. The molecule has 1 unspecified atom stereocenters. The van der Waals surface area contributed by atoms with Crippen LogP contribution in [-0.2, 0) is 16.8 Å². The number of aryl methyl sites for hydroxylation is 1. The van der Waals surface area contributed by atoms with E-state index >= 15 is 0 Å². The van der Waals surface area contributed by atoms with Crippen molar-refractivity contribution in [2.24, 2.45) is 0 Å². The Balaban J connectivity index is 2.01. The van der Waals surface area contributed by atoms with Gasteiger partial charge in [0.1, 0.15) is 0 Å². The lowest BCUT2D eigenvalue weighted by Crippen LogP contribution is -2.32. The van der Waals surface area contributed by atoms with Gasteiger partial charge < -0.3 is 14.8 Å². The summed E-state index contributed by atoms with van der Waals surface area (Å²) in [7, 11) is 0. The first-order valence-electron chi connectivity index (χ1n) is 7.60. The van der Waals surface area contributed by atoms with Gasteiger partial charge in [-0.15, -0.1) is 0 Å². The number of amides is 1. The maximum absolute atomic E-state index is 12.1. The Kier molecular flexibility index (Phi) is 4.81. The molecule has 1 aliphatic rings. The summed E-state index contributed by atoms with van der Waals surface area (Å²) in [6.45, 7) is 10.7. The summed E-state index contributed by atoms with van der Waals surface area (Å²) in [6.07, 6.45) is 5.49. The molecule has 0 aromatic carbocycles. The van der Waals surface area contributed by atoms with Crippen LogP contribution in [0.1, 0.15) is 39.3 Å². The molecule has 0 radical (unpaired) electrons. The lowest BCUT2D eigenvalue weighted by molar-refractivity contribution is -0.131. The summed E-state index contributed by atoms with van der Waals surface area (Å²) in [5, 5.41) is 3.41. The van der Waals surface area contributed by atoms with Gasteiger partial charge in [0, 0.05) is 49.9 Å². The highest BCUT2D eigenvalue weighted by Gasteiger charge is 2.33. The van der Waals surface area contributed by atoms with Crippen LogP contribution in [-0.4, -0.2) is 46.5 Å². The number of rotatable bonds is 6. The van der Waals surface area contributed by atoms with Crippen molar-refractivity contribution in [3.8, 4) is 0 Å². The molecule has 5 heteroatoms. The van der Waals surface area contributed by atoms with Gasteiger partial charge in [-0.2, -0.15) is 0 Å². The predicted octanol–water partition coefficient (Wildman–Crippen LogP) is 1.39. The molecule has 2 rings (SSSR count). The second kappa shape index (κ2) is 6.39. The van der Waals surface area contributed by atoms with Gasteiger partial charge >= 0.3 is 0 Å². The van der Waals surface area contributed by atoms with Gasteiger partial charge in [0.25, 0.3) is 0 Å². The van der Waals surface area contributed by atoms with E-state index in [1.165, 1.54) is 5.69 Å². The first-order chi connectivity index (χ1) is 9.60. The minimum absolute atomic E-state index is 0.148. The summed E-state index contributed by atoms with van der Waals surface area (Å²) in [6, 6.07) is 0. The van der Waals surface area contributed by atoms with E-state index in [0.717, 1.165) is 39.1 Å². The fraction of sp³-hybridized carbons (Fsp3) is 0.733. The molecule has 20 heavy (non-hydrogen) atoms. The third kappa shape index (κ3) is 3.03. The summed E-state index contributed by atoms with van der Waals surface area (Å²) >= 11 is 0. The summed E-state index contributed by atoms with van der Waals surface area (Å²) < 4.78 is 2.15. The molecule has 2 heterocycles. The number of aromatic nitrogens is 2. The van der Waals surface area contributed by atoms with E-state index in [0.29, 0.717) is 6.42 Å². The Morgan fingerprint density at radius 2 is 2.25 bits per heavy atom. The highest BCUT2D eigenvalue weighted by atomic mass is 16.2. The Morgan fingerprint density at radius 1 is 1.50 bits per heavy atom. The molecular formula is C15H26N4O. The molecule has 1 fully saturated rings. The number of nitrogens with zero attached hydrogens (tertiary/aromatic N) is 3. The van der Waals surface area contributed by atoms with Crippen LogP contribution in [0.3, 0.4) is 0 Å². The average molecular weight is 278 g/mol. The third-order valence-corrected chi connectivity index (χ3v) is 4.38. The first-order valence-corrected chi connectivity index (χ1v) is 7.60. The van der Waals surface area contributed by atoms with E-state index in [1.54, 1.807) is 0 Å². The number of nitrogens with one attached hydrogen (secondary N) is 1. The van der Waals surface area contributed by atoms with Crippen molar-refractivity contribution in [1.82, 2.24) is 19.8 Å². The Labute approximate surface area is 121 Å². The maximum atomic E-state index is 12.1. The van der Waals surface area contributed by atoms with E-state index in [9.17, 15) is 4.79 Å². The van der Waals surface area contributed by atoms with Crippen molar-refractivity contribution in [2.75, 3.05) is 26.2 Å². The van der Waals surface area contributed by atoms with E-state index < -0.39 is 0 Å². The number of hydrogen-bond donors (Lipinski definition) is 1. The van der Waals surface area contributed by atoms with Crippen molar-refractivity contribution < 1.29 is 4.79 Å². The Hall–Kier alpha value is -1.36.